The minimum atomic E-state index is -1.56. The van der Waals surface area contributed by atoms with Crippen molar-refractivity contribution in [2.75, 3.05) is 19.7 Å². The molecule has 1 fully saturated rings. The van der Waals surface area contributed by atoms with Crippen LogP contribution in [0.1, 0.15) is 45.1 Å². The Hall–Kier alpha value is -2.12. The maximum absolute atomic E-state index is 13.0. The molecule has 1 aromatic rings. The van der Waals surface area contributed by atoms with E-state index in [1.165, 1.54) is 5.48 Å². The molecule has 1 aromatic carbocycles. The first-order valence-corrected chi connectivity index (χ1v) is 10.1. The van der Waals surface area contributed by atoms with E-state index in [1.54, 1.807) is 4.90 Å². The lowest BCUT2D eigenvalue weighted by Gasteiger charge is -2.34. The van der Waals surface area contributed by atoms with Crippen LogP contribution in [0.3, 0.4) is 0 Å². The second-order valence-electron chi connectivity index (χ2n) is 7.53. The molecule has 7 heteroatoms. The van der Waals surface area contributed by atoms with Crippen LogP contribution in [0.15, 0.2) is 24.3 Å². The summed E-state index contributed by atoms with van der Waals surface area (Å²) in [5.74, 6) is -0.793. The number of benzene rings is 1. The van der Waals surface area contributed by atoms with Crippen LogP contribution in [-0.4, -0.2) is 52.8 Å². The number of aryl methyl sites for hydroxylation is 1. The number of hydrogen-bond donors (Lipinski definition) is 3. The van der Waals surface area contributed by atoms with Crippen LogP contribution >= 0.6 is 0 Å². The summed E-state index contributed by atoms with van der Waals surface area (Å²) in [6.07, 6.45) is 2.17. The SMILES string of the molecule is CCOc1ccc(CCC[C@@H](C(=O)N2CCC[C@@H](C)C2)[C@H](O)C(=O)NO)cc1. The Morgan fingerprint density at radius 1 is 1.32 bits per heavy atom. The maximum atomic E-state index is 13.0. The summed E-state index contributed by atoms with van der Waals surface area (Å²) >= 11 is 0. The van der Waals surface area contributed by atoms with E-state index in [2.05, 4.69) is 6.92 Å². The maximum Gasteiger partial charge on any atom is 0.272 e. The Morgan fingerprint density at radius 3 is 2.64 bits per heavy atom. The van der Waals surface area contributed by atoms with Gasteiger partial charge in [0, 0.05) is 13.1 Å². The molecule has 0 bridgehead atoms. The van der Waals surface area contributed by atoms with Gasteiger partial charge in [-0.25, -0.2) is 5.48 Å². The third-order valence-electron chi connectivity index (χ3n) is 5.26. The molecule has 0 radical (unpaired) electrons. The fraction of sp³-hybridized carbons (Fsp3) is 0.619. The second kappa shape index (κ2) is 11.0. The number of nitrogens with one attached hydrogen (secondary N) is 1. The second-order valence-corrected chi connectivity index (χ2v) is 7.53. The Bertz CT molecular complexity index is 634. The fourth-order valence-electron chi connectivity index (χ4n) is 3.73. The molecule has 0 aromatic heterocycles. The van der Waals surface area contributed by atoms with Gasteiger partial charge in [0.2, 0.25) is 5.91 Å². The lowest BCUT2D eigenvalue weighted by Crippen LogP contribution is -2.49. The van der Waals surface area contributed by atoms with Crippen molar-refractivity contribution in [3.05, 3.63) is 29.8 Å². The molecule has 0 saturated carbocycles. The molecule has 156 valence electrons. The third-order valence-corrected chi connectivity index (χ3v) is 5.26. The van der Waals surface area contributed by atoms with E-state index in [0.717, 1.165) is 30.6 Å². The van der Waals surface area contributed by atoms with Crippen LogP contribution in [0.5, 0.6) is 5.75 Å². The number of hydrogen-bond acceptors (Lipinski definition) is 5. The molecule has 28 heavy (non-hydrogen) atoms. The van der Waals surface area contributed by atoms with Crippen LogP contribution in [0.25, 0.3) is 0 Å². The van der Waals surface area contributed by atoms with Crippen LogP contribution in [0.4, 0.5) is 0 Å². The van der Waals surface area contributed by atoms with Crippen molar-refractivity contribution >= 4 is 11.8 Å². The van der Waals surface area contributed by atoms with Gasteiger partial charge in [0.25, 0.3) is 5.91 Å². The zero-order valence-electron chi connectivity index (χ0n) is 16.8. The molecule has 3 atom stereocenters. The topological polar surface area (TPSA) is 99.1 Å². The number of carbonyl (C=O) groups is 2. The number of rotatable bonds is 9. The minimum absolute atomic E-state index is 0.214. The number of nitrogens with zero attached hydrogens (tertiary/aromatic N) is 1. The van der Waals surface area contributed by atoms with Crippen LogP contribution in [0.2, 0.25) is 0 Å². The predicted molar refractivity (Wildman–Crippen MR) is 105 cm³/mol. The molecule has 2 rings (SSSR count). The molecule has 1 heterocycles. The molecule has 1 aliphatic heterocycles. The molecule has 0 aliphatic carbocycles. The zero-order valence-corrected chi connectivity index (χ0v) is 16.8. The lowest BCUT2D eigenvalue weighted by atomic mass is 9.91. The Kier molecular flexibility index (Phi) is 8.73. The van der Waals surface area contributed by atoms with Crippen LogP contribution in [0, 0.1) is 11.8 Å². The van der Waals surface area contributed by atoms with Gasteiger partial charge in [-0.2, -0.15) is 0 Å². The van der Waals surface area contributed by atoms with Gasteiger partial charge in [-0.05, 0) is 62.6 Å². The van der Waals surface area contributed by atoms with E-state index >= 15 is 0 Å². The number of hydroxylamine groups is 1. The first-order valence-electron chi connectivity index (χ1n) is 10.1. The summed E-state index contributed by atoms with van der Waals surface area (Å²) < 4.78 is 5.43. The summed E-state index contributed by atoms with van der Waals surface area (Å²) in [7, 11) is 0. The minimum Gasteiger partial charge on any atom is -0.494 e. The van der Waals surface area contributed by atoms with Crippen molar-refractivity contribution in [1.82, 2.24) is 10.4 Å². The Morgan fingerprint density at radius 2 is 2.04 bits per heavy atom. The van der Waals surface area contributed by atoms with Crippen molar-refractivity contribution < 1.29 is 24.6 Å². The quantitative estimate of drug-likeness (QED) is 0.442. The van der Waals surface area contributed by atoms with Crippen LogP contribution < -0.4 is 10.2 Å². The normalized spacial score (nSPS) is 19.0. The summed E-state index contributed by atoms with van der Waals surface area (Å²) in [6, 6.07) is 7.77. The highest BCUT2D eigenvalue weighted by Gasteiger charge is 2.35. The molecular formula is C21H32N2O5. The molecule has 0 spiro atoms. The number of piperidine rings is 1. The number of aliphatic hydroxyl groups is 1. The monoisotopic (exact) mass is 392 g/mol. The van der Waals surface area contributed by atoms with Crippen molar-refractivity contribution in [1.29, 1.82) is 0 Å². The summed E-state index contributed by atoms with van der Waals surface area (Å²) in [4.78, 5) is 26.4. The van der Waals surface area contributed by atoms with Gasteiger partial charge < -0.3 is 14.7 Å². The highest BCUT2D eigenvalue weighted by atomic mass is 16.5. The van der Waals surface area contributed by atoms with Crippen molar-refractivity contribution in [2.24, 2.45) is 11.8 Å². The average Bonchev–Trinajstić information content (AvgIpc) is 2.71. The highest BCUT2D eigenvalue weighted by Crippen LogP contribution is 2.23. The largest absolute Gasteiger partial charge is 0.494 e. The average molecular weight is 392 g/mol. The first kappa shape index (κ1) is 22.2. The summed E-state index contributed by atoms with van der Waals surface area (Å²) in [6.45, 7) is 5.93. The van der Waals surface area contributed by atoms with Gasteiger partial charge in [-0.15, -0.1) is 0 Å². The van der Waals surface area contributed by atoms with Gasteiger partial charge in [-0.1, -0.05) is 19.1 Å². The summed E-state index contributed by atoms with van der Waals surface area (Å²) in [5, 5.41) is 19.2. The molecule has 1 aliphatic rings. The van der Waals surface area contributed by atoms with E-state index in [0.29, 0.717) is 38.5 Å². The zero-order chi connectivity index (χ0) is 20.5. The van der Waals surface area contributed by atoms with Gasteiger partial charge in [0.05, 0.1) is 12.5 Å². The van der Waals surface area contributed by atoms with Gasteiger partial charge in [-0.3, -0.25) is 14.8 Å². The number of likely N-dealkylation sites (tertiary alicyclic amines) is 1. The van der Waals surface area contributed by atoms with Crippen LogP contribution in [-0.2, 0) is 16.0 Å². The molecule has 7 nitrogen and oxygen atoms in total. The Labute approximate surface area is 166 Å². The number of ether oxygens (including phenoxy) is 1. The van der Waals surface area contributed by atoms with Gasteiger partial charge in [0.15, 0.2) is 0 Å². The predicted octanol–water partition coefficient (Wildman–Crippen LogP) is 2.15. The highest BCUT2D eigenvalue weighted by molar-refractivity contribution is 5.88. The van der Waals surface area contributed by atoms with Crippen molar-refractivity contribution in [2.45, 2.75) is 52.1 Å². The first-order chi connectivity index (χ1) is 13.5. The smallest absolute Gasteiger partial charge is 0.272 e. The van der Waals surface area contributed by atoms with Gasteiger partial charge >= 0.3 is 0 Å². The number of aliphatic hydroxyl groups excluding tert-OH is 1. The summed E-state index contributed by atoms with van der Waals surface area (Å²) in [5.41, 5.74) is 2.56. The lowest BCUT2D eigenvalue weighted by molar-refractivity contribution is -0.151. The molecule has 3 N–H and O–H groups in total. The Balaban J connectivity index is 1.98. The standard InChI is InChI=1S/C21H32N2O5/c1-3-28-17-11-9-16(10-12-17)7-4-8-18(19(24)20(25)22-27)21(26)23-13-5-6-15(2)14-23/h9-12,15,18-19,24,27H,3-8,13-14H2,1-2H3,(H,22,25)/t15-,18-,19+/m1/s1. The van der Waals surface area contributed by atoms with Crippen molar-refractivity contribution in [3.63, 3.8) is 0 Å². The van der Waals surface area contributed by atoms with E-state index in [1.807, 2.05) is 31.2 Å². The molecule has 2 amide bonds. The van der Waals surface area contributed by atoms with E-state index in [-0.39, 0.29) is 5.91 Å². The molecule has 0 unspecified atom stereocenters. The molecule has 1 saturated heterocycles. The van der Waals surface area contributed by atoms with E-state index in [9.17, 15) is 14.7 Å². The van der Waals surface area contributed by atoms with Crippen molar-refractivity contribution in [3.8, 4) is 5.75 Å². The van der Waals surface area contributed by atoms with Gasteiger partial charge in [0.1, 0.15) is 11.9 Å². The van der Waals surface area contributed by atoms with E-state index in [4.69, 9.17) is 9.94 Å². The number of carbonyl (C=O) groups excluding carboxylic acids is 2. The van der Waals surface area contributed by atoms with E-state index < -0.39 is 17.9 Å². The number of amides is 2. The molecular weight excluding hydrogens is 360 g/mol. The fourth-order valence-corrected chi connectivity index (χ4v) is 3.73. The third kappa shape index (κ3) is 6.21.